The van der Waals surface area contributed by atoms with Crippen molar-refractivity contribution in [1.82, 2.24) is 0 Å². The Bertz CT molecular complexity index is 876. The van der Waals surface area contributed by atoms with E-state index in [0.717, 1.165) is 21.9 Å². The van der Waals surface area contributed by atoms with E-state index in [0.29, 0.717) is 11.5 Å². The van der Waals surface area contributed by atoms with E-state index in [2.05, 4.69) is 12.1 Å². The van der Waals surface area contributed by atoms with Gasteiger partial charge in [-0.1, -0.05) is 48.5 Å². The molecule has 0 saturated heterocycles. The molecule has 20 heavy (non-hydrogen) atoms. The van der Waals surface area contributed by atoms with E-state index in [1.54, 1.807) is 0 Å². The lowest BCUT2D eigenvalue weighted by Gasteiger charge is -2.04. The van der Waals surface area contributed by atoms with Gasteiger partial charge in [-0.2, -0.15) is 0 Å². The third-order valence-electron chi connectivity index (χ3n) is 3.27. The molecule has 1 radical (unpaired) electrons. The molecular formula is C18H11O2. The van der Waals surface area contributed by atoms with E-state index in [4.69, 9.17) is 9.15 Å². The summed E-state index contributed by atoms with van der Waals surface area (Å²) in [5.74, 6) is 1.39. The molecule has 2 nitrogen and oxygen atoms in total. The Morgan fingerprint density at radius 3 is 2.55 bits per heavy atom. The van der Waals surface area contributed by atoms with Crippen LogP contribution in [0, 0.1) is 6.07 Å². The van der Waals surface area contributed by atoms with Gasteiger partial charge < -0.3 is 9.15 Å². The second-order valence-corrected chi connectivity index (χ2v) is 4.56. The van der Waals surface area contributed by atoms with E-state index in [-0.39, 0.29) is 0 Å². The minimum absolute atomic E-state index is 0.681. The molecule has 0 aliphatic rings. The van der Waals surface area contributed by atoms with Crippen LogP contribution in [0.5, 0.6) is 11.5 Å². The maximum atomic E-state index is 5.92. The summed E-state index contributed by atoms with van der Waals surface area (Å²) in [4.78, 5) is 0. The van der Waals surface area contributed by atoms with Gasteiger partial charge in [-0.25, -0.2) is 0 Å². The monoisotopic (exact) mass is 259 g/mol. The molecule has 95 valence electrons. The number of ether oxygens (including phenoxy) is 1. The van der Waals surface area contributed by atoms with Crippen molar-refractivity contribution in [2.75, 3.05) is 0 Å². The average molecular weight is 259 g/mol. The Labute approximate surface area is 116 Å². The third kappa shape index (κ3) is 1.74. The summed E-state index contributed by atoms with van der Waals surface area (Å²) in [5.41, 5.74) is 1.64. The van der Waals surface area contributed by atoms with Crippen molar-refractivity contribution in [3.05, 3.63) is 72.8 Å². The van der Waals surface area contributed by atoms with Gasteiger partial charge in [0.2, 0.25) is 0 Å². The van der Waals surface area contributed by atoms with Gasteiger partial charge in [-0.3, -0.25) is 0 Å². The quantitative estimate of drug-likeness (QED) is 0.495. The number of rotatable bonds is 2. The predicted octanol–water partition coefficient (Wildman–Crippen LogP) is 5.18. The van der Waals surface area contributed by atoms with Gasteiger partial charge >= 0.3 is 0 Å². The van der Waals surface area contributed by atoms with Gasteiger partial charge in [-0.05, 0) is 18.2 Å². The first-order chi connectivity index (χ1) is 9.92. The lowest BCUT2D eigenvalue weighted by Crippen LogP contribution is -1.83. The number of benzene rings is 3. The van der Waals surface area contributed by atoms with Crippen molar-refractivity contribution < 1.29 is 9.15 Å². The molecule has 0 spiro atoms. The Kier molecular flexibility index (Phi) is 2.46. The molecular weight excluding hydrogens is 248 g/mol. The Morgan fingerprint density at radius 1 is 0.800 bits per heavy atom. The maximum absolute atomic E-state index is 5.92. The predicted molar refractivity (Wildman–Crippen MR) is 79.1 cm³/mol. The minimum Gasteiger partial charge on any atom is -0.453 e. The molecule has 0 bridgehead atoms. The molecule has 4 rings (SSSR count). The average Bonchev–Trinajstić information content (AvgIpc) is 2.88. The highest BCUT2D eigenvalue weighted by atomic mass is 16.5. The van der Waals surface area contributed by atoms with Crippen molar-refractivity contribution in [1.29, 1.82) is 0 Å². The van der Waals surface area contributed by atoms with Crippen LogP contribution in [0.1, 0.15) is 0 Å². The van der Waals surface area contributed by atoms with Gasteiger partial charge in [0.25, 0.3) is 0 Å². The van der Waals surface area contributed by atoms with Crippen LogP contribution in [0.3, 0.4) is 0 Å². The standard InChI is InChI=1S/C18H11O2/c1-2-7-13(8-3-1)19-17-12-6-10-15-14-9-4-5-11-16(14)20-18(15)17/h1-7,9-12H. The number of hydrogen-bond donors (Lipinski definition) is 0. The van der Waals surface area contributed by atoms with Crippen LogP contribution in [-0.2, 0) is 0 Å². The molecule has 0 aliphatic carbocycles. The largest absolute Gasteiger partial charge is 0.453 e. The second-order valence-electron chi connectivity index (χ2n) is 4.56. The molecule has 4 aromatic rings. The summed E-state index contributed by atoms with van der Waals surface area (Å²) in [7, 11) is 0. The first kappa shape index (κ1) is 11.1. The fourth-order valence-corrected chi connectivity index (χ4v) is 2.36. The van der Waals surface area contributed by atoms with E-state index in [1.807, 2.05) is 60.7 Å². The molecule has 0 fully saturated rings. The zero-order chi connectivity index (χ0) is 13.4. The molecule has 1 heterocycles. The lowest BCUT2D eigenvalue weighted by molar-refractivity contribution is 0.475. The minimum atomic E-state index is 0.681. The number of hydrogen-bond acceptors (Lipinski definition) is 2. The summed E-state index contributed by atoms with van der Waals surface area (Å²) in [6.07, 6.45) is 0. The van der Waals surface area contributed by atoms with Crippen LogP contribution < -0.4 is 4.74 Å². The van der Waals surface area contributed by atoms with Gasteiger partial charge in [-0.15, -0.1) is 0 Å². The Balaban J connectivity index is 1.91. The van der Waals surface area contributed by atoms with Crippen molar-refractivity contribution in [2.24, 2.45) is 0 Å². The number of furan rings is 1. The summed E-state index contributed by atoms with van der Waals surface area (Å²) in [5, 5.41) is 2.17. The summed E-state index contributed by atoms with van der Waals surface area (Å²) in [6.45, 7) is 0. The van der Waals surface area contributed by atoms with Gasteiger partial charge in [0, 0.05) is 16.8 Å². The van der Waals surface area contributed by atoms with Gasteiger partial charge in [0.05, 0.1) is 0 Å². The summed E-state index contributed by atoms with van der Waals surface area (Å²) < 4.78 is 11.8. The molecule has 2 heteroatoms. The van der Waals surface area contributed by atoms with Crippen LogP contribution in [0.4, 0.5) is 0 Å². The second kappa shape index (κ2) is 4.42. The zero-order valence-corrected chi connectivity index (χ0v) is 10.7. The first-order valence-electron chi connectivity index (χ1n) is 6.47. The van der Waals surface area contributed by atoms with Gasteiger partial charge in [0.15, 0.2) is 11.3 Å². The summed E-state index contributed by atoms with van der Waals surface area (Å²) in [6, 6.07) is 24.5. The maximum Gasteiger partial charge on any atom is 0.177 e. The highest BCUT2D eigenvalue weighted by Crippen LogP contribution is 2.36. The van der Waals surface area contributed by atoms with Gasteiger partial charge in [0.1, 0.15) is 11.3 Å². The topological polar surface area (TPSA) is 22.4 Å². The molecule has 0 aliphatic heterocycles. The van der Waals surface area contributed by atoms with E-state index in [1.165, 1.54) is 0 Å². The lowest BCUT2D eigenvalue weighted by atomic mass is 10.1. The molecule has 0 atom stereocenters. The van der Waals surface area contributed by atoms with Crippen molar-refractivity contribution in [3.63, 3.8) is 0 Å². The highest BCUT2D eigenvalue weighted by molar-refractivity contribution is 6.06. The normalized spacial score (nSPS) is 11.0. The zero-order valence-electron chi connectivity index (χ0n) is 10.7. The van der Waals surface area contributed by atoms with Crippen LogP contribution in [0.2, 0.25) is 0 Å². The Hall–Kier alpha value is -2.74. The van der Waals surface area contributed by atoms with E-state index >= 15 is 0 Å². The first-order valence-corrected chi connectivity index (χ1v) is 6.47. The fraction of sp³-hybridized carbons (Fsp3) is 0. The van der Waals surface area contributed by atoms with E-state index in [9.17, 15) is 0 Å². The Morgan fingerprint density at radius 2 is 1.65 bits per heavy atom. The molecule has 3 aromatic carbocycles. The summed E-state index contributed by atoms with van der Waals surface area (Å²) >= 11 is 0. The number of para-hydroxylation sites is 3. The molecule has 0 N–H and O–H groups in total. The smallest absolute Gasteiger partial charge is 0.177 e. The molecule has 0 saturated carbocycles. The number of fused-ring (bicyclic) bond motifs is 3. The van der Waals surface area contributed by atoms with Crippen molar-refractivity contribution >= 4 is 21.9 Å². The highest BCUT2D eigenvalue weighted by Gasteiger charge is 2.11. The van der Waals surface area contributed by atoms with Crippen molar-refractivity contribution in [2.45, 2.75) is 0 Å². The fourth-order valence-electron chi connectivity index (χ4n) is 2.36. The van der Waals surface area contributed by atoms with Crippen molar-refractivity contribution in [3.8, 4) is 11.5 Å². The SMILES string of the molecule is [c]1ccccc1Oc1cccc2c1oc1ccccc12. The van der Waals surface area contributed by atoms with Crippen LogP contribution in [-0.4, -0.2) is 0 Å². The van der Waals surface area contributed by atoms with Crippen LogP contribution in [0.15, 0.2) is 71.1 Å². The third-order valence-corrected chi connectivity index (χ3v) is 3.27. The van der Waals surface area contributed by atoms with E-state index < -0.39 is 0 Å². The van der Waals surface area contributed by atoms with Crippen LogP contribution >= 0.6 is 0 Å². The molecule has 0 amide bonds. The molecule has 1 aromatic heterocycles. The molecule has 0 unspecified atom stereocenters. The van der Waals surface area contributed by atoms with Crippen LogP contribution in [0.25, 0.3) is 21.9 Å².